The number of nitrogens with zero attached hydrogens (tertiary/aromatic N) is 5. The Morgan fingerprint density at radius 2 is 1.81 bits per heavy atom. The number of pyridine rings is 1. The average molecular weight is 445 g/mol. The van der Waals surface area contributed by atoms with Crippen LogP contribution in [0.5, 0.6) is 5.75 Å². The molecule has 2 heterocycles. The molecule has 8 nitrogen and oxygen atoms in total. The molecule has 4 aromatic rings. The van der Waals surface area contributed by atoms with E-state index < -0.39 is 0 Å². The third-order valence-electron chi connectivity index (χ3n) is 4.45. The Bertz CT molecular complexity index is 1210. The van der Waals surface area contributed by atoms with E-state index in [-0.39, 0.29) is 11.7 Å². The van der Waals surface area contributed by atoms with E-state index in [9.17, 15) is 4.79 Å². The van der Waals surface area contributed by atoms with Crippen LogP contribution < -0.4 is 10.2 Å². The molecule has 2 aromatic heterocycles. The monoisotopic (exact) mass is 444 g/mol. The zero-order valence-electron chi connectivity index (χ0n) is 17.3. The van der Waals surface area contributed by atoms with Gasteiger partial charge in [0.05, 0.1) is 19.1 Å². The van der Waals surface area contributed by atoms with E-state index in [1.165, 1.54) is 11.8 Å². The Balaban J connectivity index is 1.48. The fraction of sp³-hybridized carbons (Fsp3) is 0.0870. The minimum atomic E-state index is -0.255. The molecule has 1 amide bonds. The number of hydrazone groups is 1. The molecule has 0 bridgehead atoms. The molecule has 0 atom stereocenters. The number of carbonyl (C=O) groups is 1. The number of rotatable bonds is 8. The van der Waals surface area contributed by atoms with E-state index in [1.807, 2.05) is 71.3 Å². The van der Waals surface area contributed by atoms with Gasteiger partial charge in [-0.05, 0) is 36.4 Å². The summed E-state index contributed by atoms with van der Waals surface area (Å²) in [6, 6.07) is 20.9. The number of para-hydroxylation sites is 2. The van der Waals surface area contributed by atoms with Gasteiger partial charge in [-0.3, -0.25) is 14.3 Å². The summed E-state index contributed by atoms with van der Waals surface area (Å²) in [6.45, 7) is 0. The molecule has 0 aliphatic carbocycles. The van der Waals surface area contributed by atoms with Crippen LogP contribution in [0.4, 0.5) is 0 Å². The molecule has 0 aliphatic heterocycles. The molecule has 4 rings (SSSR count). The largest absolute Gasteiger partial charge is 0.496 e. The van der Waals surface area contributed by atoms with Crippen molar-refractivity contribution in [3.63, 3.8) is 0 Å². The molecule has 0 spiro atoms. The molecule has 0 radical (unpaired) electrons. The highest BCUT2D eigenvalue weighted by Gasteiger charge is 2.17. The zero-order chi connectivity index (χ0) is 22.2. The summed E-state index contributed by atoms with van der Waals surface area (Å²) in [5.74, 6) is 1.23. The minimum Gasteiger partial charge on any atom is -0.496 e. The van der Waals surface area contributed by atoms with Gasteiger partial charge in [-0.15, -0.1) is 10.2 Å². The molecule has 2 aromatic carbocycles. The van der Waals surface area contributed by atoms with Gasteiger partial charge in [0.1, 0.15) is 5.75 Å². The van der Waals surface area contributed by atoms with Gasteiger partial charge >= 0.3 is 0 Å². The second kappa shape index (κ2) is 10.4. The number of hydrogen-bond acceptors (Lipinski definition) is 7. The van der Waals surface area contributed by atoms with Gasteiger partial charge in [0.25, 0.3) is 5.91 Å². The summed E-state index contributed by atoms with van der Waals surface area (Å²) in [5.41, 5.74) is 5.10. The number of amides is 1. The van der Waals surface area contributed by atoms with Crippen LogP contribution in [0, 0.1) is 0 Å². The molecular weight excluding hydrogens is 424 g/mol. The van der Waals surface area contributed by atoms with E-state index in [1.54, 1.807) is 25.7 Å². The van der Waals surface area contributed by atoms with E-state index in [4.69, 9.17) is 4.74 Å². The summed E-state index contributed by atoms with van der Waals surface area (Å²) in [4.78, 5) is 16.4. The van der Waals surface area contributed by atoms with Crippen molar-refractivity contribution in [2.24, 2.45) is 5.10 Å². The van der Waals surface area contributed by atoms with Crippen LogP contribution in [-0.2, 0) is 4.79 Å². The quantitative estimate of drug-likeness (QED) is 0.254. The number of nitrogens with one attached hydrogen (secondary N) is 1. The van der Waals surface area contributed by atoms with Crippen molar-refractivity contribution in [2.75, 3.05) is 12.9 Å². The van der Waals surface area contributed by atoms with Gasteiger partial charge in [0.2, 0.25) is 0 Å². The summed E-state index contributed by atoms with van der Waals surface area (Å²) in [6.07, 6.45) is 4.97. The van der Waals surface area contributed by atoms with E-state index >= 15 is 0 Å². The summed E-state index contributed by atoms with van der Waals surface area (Å²) in [5, 5.41) is 13.3. The molecule has 0 unspecified atom stereocenters. The van der Waals surface area contributed by atoms with Gasteiger partial charge in [-0.1, -0.05) is 42.1 Å². The predicted molar refractivity (Wildman–Crippen MR) is 124 cm³/mol. The van der Waals surface area contributed by atoms with Gasteiger partial charge in [-0.2, -0.15) is 5.10 Å². The molecule has 1 N–H and O–H groups in total. The van der Waals surface area contributed by atoms with Crippen LogP contribution in [0.1, 0.15) is 5.56 Å². The maximum Gasteiger partial charge on any atom is 0.250 e. The smallest absolute Gasteiger partial charge is 0.250 e. The predicted octanol–water partition coefficient (Wildman–Crippen LogP) is 3.58. The first-order chi connectivity index (χ1) is 15.8. The molecule has 0 saturated heterocycles. The highest BCUT2D eigenvalue weighted by atomic mass is 32.2. The first-order valence-electron chi connectivity index (χ1n) is 9.75. The van der Waals surface area contributed by atoms with Gasteiger partial charge in [0.15, 0.2) is 11.0 Å². The first kappa shape index (κ1) is 21.3. The van der Waals surface area contributed by atoms with Gasteiger partial charge < -0.3 is 4.74 Å². The lowest BCUT2D eigenvalue weighted by Crippen LogP contribution is -2.20. The number of thioether (sulfide) groups is 1. The Morgan fingerprint density at radius 3 is 2.59 bits per heavy atom. The van der Waals surface area contributed by atoms with E-state index in [2.05, 4.69) is 25.7 Å². The normalized spacial score (nSPS) is 10.9. The second-order valence-electron chi connectivity index (χ2n) is 6.54. The fourth-order valence-electron chi connectivity index (χ4n) is 2.97. The van der Waals surface area contributed by atoms with Crippen LogP contribution in [0.3, 0.4) is 0 Å². The zero-order valence-corrected chi connectivity index (χ0v) is 18.1. The van der Waals surface area contributed by atoms with Gasteiger partial charge in [0, 0.05) is 29.2 Å². The van der Waals surface area contributed by atoms with Crippen molar-refractivity contribution in [3.05, 3.63) is 84.7 Å². The Hall–Kier alpha value is -3.98. The Morgan fingerprint density at radius 1 is 1.06 bits per heavy atom. The summed E-state index contributed by atoms with van der Waals surface area (Å²) >= 11 is 1.28. The van der Waals surface area contributed by atoms with E-state index in [0.29, 0.717) is 16.7 Å². The summed E-state index contributed by atoms with van der Waals surface area (Å²) < 4.78 is 7.19. The lowest BCUT2D eigenvalue weighted by molar-refractivity contribution is -0.118. The maximum atomic E-state index is 12.3. The van der Waals surface area contributed by atoms with Gasteiger partial charge in [-0.25, -0.2) is 5.43 Å². The number of methoxy groups -OCH3 is 1. The highest BCUT2D eigenvalue weighted by molar-refractivity contribution is 7.99. The van der Waals surface area contributed by atoms with Crippen LogP contribution in [-0.4, -0.2) is 44.7 Å². The molecule has 0 fully saturated rings. The number of ether oxygens (including phenoxy) is 1. The van der Waals surface area contributed by atoms with Crippen LogP contribution >= 0.6 is 11.8 Å². The molecule has 0 aliphatic rings. The van der Waals surface area contributed by atoms with Crippen LogP contribution in [0.25, 0.3) is 17.1 Å². The number of hydrogen-bond donors (Lipinski definition) is 1. The fourth-order valence-corrected chi connectivity index (χ4v) is 3.71. The third-order valence-corrected chi connectivity index (χ3v) is 5.38. The highest BCUT2D eigenvalue weighted by Crippen LogP contribution is 2.27. The number of carbonyl (C=O) groups excluding carboxylic acids is 1. The van der Waals surface area contributed by atoms with E-state index in [0.717, 1.165) is 16.8 Å². The van der Waals surface area contributed by atoms with Crippen molar-refractivity contribution in [3.8, 4) is 22.8 Å². The maximum absolute atomic E-state index is 12.3. The molecule has 160 valence electrons. The number of aromatic nitrogens is 4. The first-order valence-corrected chi connectivity index (χ1v) is 10.7. The second-order valence-corrected chi connectivity index (χ2v) is 7.48. The Labute approximate surface area is 189 Å². The Kier molecular flexibility index (Phi) is 6.88. The molecule has 32 heavy (non-hydrogen) atoms. The minimum absolute atomic E-state index is 0.130. The molecule has 0 saturated carbocycles. The van der Waals surface area contributed by atoms with Crippen molar-refractivity contribution in [2.45, 2.75) is 5.16 Å². The van der Waals surface area contributed by atoms with Crippen molar-refractivity contribution in [1.82, 2.24) is 25.2 Å². The van der Waals surface area contributed by atoms with Crippen LogP contribution in [0.2, 0.25) is 0 Å². The standard InChI is InChI=1S/C23H20N6O2S/c1-31-20-10-6-5-7-18(20)15-25-26-21(30)16-32-23-28-27-22(17-11-13-24-14-12-17)29(23)19-8-3-2-4-9-19/h2-15H,16H2,1H3,(H,26,30). The van der Waals surface area contributed by atoms with Crippen molar-refractivity contribution in [1.29, 1.82) is 0 Å². The third kappa shape index (κ3) is 5.01. The molecule has 9 heteroatoms. The lowest BCUT2D eigenvalue weighted by atomic mass is 10.2. The number of benzene rings is 2. The van der Waals surface area contributed by atoms with Crippen molar-refractivity contribution >= 4 is 23.9 Å². The van der Waals surface area contributed by atoms with Crippen LogP contribution in [0.15, 0.2) is 89.4 Å². The van der Waals surface area contributed by atoms with Crippen molar-refractivity contribution < 1.29 is 9.53 Å². The topological polar surface area (TPSA) is 94.3 Å². The SMILES string of the molecule is COc1ccccc1C=NNC(=O)CSc1nnc(-c2ccncc2)n1-c1ccccc1. The lowest BCUT2D eigenvalue weighted by Gasteiger charge is -2.10. The average Bonchev–Trinajstić information content (AvgIpc) is 3.28. The summed E-state index contributed by atoms with van der Waals surface area (Å²) in [7, 11) is 1.59. The molecular formula is C23H20N6O2S.